The van der Waals surface area contributed by atoms with Crippen LogP contribution in [0.4, 0.5) is 0 Å². The van der Waals surface area contributed by atoms with Gasteiger partial charge in [-0.15, -0.1) is 0 Å². The van der Waals surface area contributed by atoms with Gasteiger partial charge in [-0.1, -0.05) is 45.2 Å². The molecule has 0 radical (unpaired) electrons. The Morgan fingerprint density at radius 3 is 2.50 bits per heavy atom. The number of hydrogen-bond acceptors (Lipinski definition) is 0. The Morgan fingerprint density at radius 1 is 1.19 bits per heavy atom. The molecule has 86 valence electrons. The van der Waals surface area contributed by atoms with E-state index in [0.29, 0.717) is 0 Å². The average molecular weight is 214 g/mol. The second-order valence-corrected chi connectivity index (χ2v) is 3.99. The highest BCUT2D eigenvalue weighted by atomic mass is 14.2. The Balaban J connectivity index is 0.000000606. The van der Waals surface area contributed by atoms with Crippen molar-refractivity contribution < 1.29 is 0 Å². The van der Waals surface area contributed by atoms with Crippen LogP contribution < -0.4 is 0 Å². The van der Waals surface area contributed by atoms with Crippen molar-refractivity contribution in [3.63, 3.8) is 0 Å². The number of allylic oxidation sites excluding steroid dienone is 1. The standard InChI is InChI=1S/C14H16.C2H6/c1-4-13-10(2)8-9-12-7-5-6-11(3)14(12)13;1-2/h4,8-9H,1,3,5-7H2,2H3;1-2H3. The van der Waals surface area contributed by atoms with Crippen LogP contribution in [0.5, 0.6) is 0 Å². The zero-order chi connectivity index (χ0) is 12.1. The summed E-state index contributed by atoms with van der Waals surface area (Å²) < 4.78 is 0. The van der Waals surface area contributed by atoms with Crippen molar-refractivity contribution in [2.24, 2.45) is 0 Å². The first-order chi connectivity index (χ1) is 7.74. The van der Waals surface area contributed by atoms with Crippen molar-refractivity contribution in [1.82, 2.24) is 0 Å². The van der Waals surface area contributed by atoms with Gasteiger partial charge in [0.15, 0.2) is 0 Å². The molecule has 0 nitrogen and oxygen atoms in total. The lowest BCUT2D eigenvalue weighted by Crippen LogP contribution is -2.04. The molecule has 0 saturated carbocycles. The number of hydrogen-bond donors (Lipinski definition) is 0. The molecular weight excluding hydrogens is 192 g/mol. The van der Waals surface area contributed by atoms with E-state index in [9.17, 15) is 0 Å². The van der Waals surface area contributed by atoms with E-state index in [2.05, 4.69) is 32.2 Å². The molecule has 0 heterocycles. The fraction of sp³-hybridized carbons (Fsp3) is 0.375. The Kier molecular flexibility index (Phi) is 4.54. The van der Waals surface area contributed by atoms with Crippen LogP contribution in [0.15, 0.2) is 25.3 Å². The molecule has 0 fully saturated rings. The van der Waals surface area contributed by atoms with Crippen LogP contribution in [0, 0.1) is 6.92 Å². The molecule has 1 aliphatic carbocycles. The summed E-state index contributed by atoms with van der Waals surface area (Å²) in [4.78, 5) is 0. The van der Waals surface area contributed by atoms with E-state index < -0.39 is 0 Å². The van der Waals surface area contributed by atoms with Gasteiger partial charge in [0.25, 0.3) is 0 Å². The van der Waals surface area contributed by atoms with Crippen LogP contribution >= 0.6 is 0 Å². The zero-order valence-corrected chi connectivity index (χ0v) is 10.8. The van der Waals surface area contributed by atoms with Gasteiger partial charge in [0.2, 0.25) is 0 Å². The highest BCUT2D eigenvalue weighted by Crippen LogP contribution is 2.34. The summed E-state index contributed by atoms with van der Waals surface area (Å²) in [6.45, 7) is 14.2. The van der Waals surface area contributed by atoms with E-state index in [-0.39, 0.29) is 0 Å². The van der Waals surface area contributed by atoms with Crippen molar-refractivity contribution in [2.75, 3.05) is 0 Å². The maximum atomic E-state index is 4.16. The first kappa shape index (κ1) is 12.8. The predicted octanol–water partition coefficient (Wildman–Crippen LogP) is 5.01. The van der Waals surface area contributed by atoms with Crippen LogP contribution in [0.25, 0.3) is 11.6 Å². The highest BCUT2D eigenvalue weighted by Gasteiger charge is 2.15. The molecule has 1 aromatic rings. The van der Waals surface area contributed by atoms with Gasteiger partial charge < -0.3 is 0 Å². The van der Waals surface area contributed by atoms with Crippen molar-refractivity contribution in [3.05, 3.63) is 47.5 Å². The first-order valence-electron chi connectivity index (χ1n) is 6.17. The van der Waals surface area contributed by atoms with Crippen LogP contribution in [0.2, 0.25) is 0 Å². The molecule has 0 atom stereocenters. The Hall–Kier alpha value is -1.30. The highest BCUT2D eigenvalue weighted by molar-refractivity contribution is 5.77. The van der Waals surface area contributed by atoms with Crippen LogP contribution in [-0.4, -0.2) is 0 Å². The number of benzene rings is 1. The molecule has 1 aliphatic rings. The minimum atomic E-state index is 1.14. The van der Waals surface area contributed by atoms with Crippen molar-refractivity contribution in [1.29, 1.82) is 0 Å². The van der Waals surface area contributed by atoms with E-state index in [1.807, 2.05) is 19.9 Å². The quantitative estimate of drug-likeness (QED) is 0.616. The molecule has 2 rings (SSSR count). The smallest absolute Gasteiger partial charge is 0.0123 e. The van der Waals surface area contributed by atoms with E-state index in [0.717, 1.165) is 6.42 Å². The van der Waals surface area contributed by atoms with Crippen molar-refractivity contribution in [3.8, 4) is 0 Å². The summed E-state index contributed by atoms with van der Waals surface area (Å²) in [7, 11) is 0. The van der Waals surface area contributed by atoms with Gasteiger partial charge in [0, 0.05) is 0 Å². The van der Waals surface area contributed by atoms with E-state index in [1.54, 1.807) is 0 Å². The largest absolute Gasteiger partial charge is 0.0984 e. The monoisotopic (exact) mass is 214 g/mol. The molecule has 0 saturated heterocycles. The fourth-order valence-corrected chi connectivity index (χ4v) is 2.27. The van der Waals surface area contributed by atoms with Crippen molar-refractivity contribution >= 4 is 11.6 Å². The normalized spacial score (nSPS) is 13.6. The van der Waals surface area contributed by atoms with E-state index in [4.69, 9.17) is 0 Å². The van der Waals surface area contributed by atoms with Gasteiger partial charge >= 0.3 is 0 Å². The van der Waals surface area contributed by atoms with Crippen molar-refractivity contribution in [2.45, 2.75) is 40.0 Å². The minimum Gasteiger partial charge on any atom is -0.0984 e. The Labute approximate surface area is 99.7 Å². The molecule has 0 spiro atoms. The lowest BCUT2D eigenvalue weighted by molar-refractivity contribution is 0.822. The van der Waals surface area contributed by atoms with Gasteiger partial charge in [0.05, 0.1) is 0 Å². The second kappa shape index (κ2) is 5.69. The average Bonchev–Trinajstić information content (AvgIpc) is 2.33. The summed E-state index contributed by atoms with van der Waals surface area (Å²) in [5.41, 5.74) is 6.69. The summed E-state index contributed by atoms with van der Waals surface area (Å²) in [6.07, 6.45) is 5.53. The third-order valence-electron chi connectivity index (χ3n) is 3.03. The van der Waals surface area contributed by atoms with Gasteiger partial charge in [-0.3, -0.25) is 0 Å². The number of rotatable bonds is 1. The summed E-state index contributed by atoms with van der Waals surface area (Å²) >= 11 is 0. The maximum absolute atomic E-state index is 4.16. The molecule has 0 N–H and O–H groups in total. The first-order valence-corrected chi connectivity index (χ1v) is 6.17. The Bertz CT molecular complexity index is 397. The second-order valence-electron chi connectivity index (χ2n) is 3.99. The minimum absolute atomic E-state index is 1.14. The molecule has 0 amide bonds. The van der Waals surface area contributed by atoms with E-state index in [1.165, 1.54) is 40.7 Å². The Morgan fingerprint density at radius 2 is 1.88 bits per heavy atom. The maximum Gasteiger partial charge on any atom is -0.0123 e. The molecule has 0 aliphatic heterocycles. The van der Waals surface area contributed by atoms with Crippen LogP contribution in [0.1, 0.15) is 48.9 Å². The fourth-order valence-electron chi connectivity index (χ4n) is 2.27. The lowest BCUT2D eigenvalue weighted by Gasteiger charge is -2.21. The van der Waals surface area contributed by atoms with Gasteiger partial charge in [-0.05, 0) is 54.0 Å². The predicted molar refractivity (Wildman–Crippen MR) is 74.6 cm³/mol. The van der Waals surface area contributed by atoms with Gasteiger partial charge in [-0.2, -0.15) is 0 Å². The molecule has 16 heavy (non-hydrogen) atoms. The third kappa shape index (κ3) is 2.27. The topological polar surface area (TPSA) is 0 Å². The van der Waals surface area contributed by atoms with Crippen LogP contribution in [0.3, 0.4) is 0 Å². The summed E-state index contributed by atoms with van der Waals surface area (Å²) in [6, 6.07) is 4.43. The SMILES string of the molecule is C=Cc1c(C)ccc2c1C(=C)CCC2.CC. The summed E-state index contributed by atoms with van der Waals surface area (Å²) in [5, 5.41) is 0. The molecule has 0 unspecified atom stereocenters. The van der Waals surface area contributed by atoms with Gasteiger partial charge in [-0.25, -0.2) is 0 Å². The molecular formula is C16H22. The molecule has 0 aromatic heterocycles. The third-order valence-corrected chi connectivity index (χ3v) is 3.03. The number of fused-ring (bicyclic) bond motifs is 1. The molecule has 1 aromatic carbocycles. The molecule has 0 heteroatoms. The molecule has 0 bridgehead atoms. The number of aryl methyl sites for hydroxylation is 2. The lowest BCUT2D eigenvalue weighted by atomic mass is 9.83. The van der Waals surface area contributed by atoms with Gasteiger partial charge in [0.1, 0.15) is 0 Å². The van der Waals surface area contributed by atoms with E-state index >= 15 is 0 Å². The summed E-state index contributed by atoms with van der Waals surface area (Å²) in [5.74, 6) is 0. The van der Waals surface area contributed by atoms with Crippen LogP contribution in [-0.2, 0) is 6.42 Å². The zero-order valence-electron chi connectivity index (χ0n) is 10.8.